The average Bonchev–Trinajstić information content (AvgIpc) is 3.06. The molecule has 12 heteroatoms. The lowest BCUT2D eigenvalue weighted by atomic mass is 10.1. The molecule has 4 unspecified atom stereocenters. The molecule has 0 heterocycles. The SMILES string of the molecule is CC(Cc1ccc(N)cc1)NCC(O)c1cc(O)cc(OC(=O)/C=C/C(=O)Oc2cc(O)cc(C(O)CNC(C)Cc3ccc(N)cc3)c2)c1. The summed E-state index contributed by atoms with van der Waals surface area (Å²) in [6.07, 6.45) is 1.07. The van der Waals surface area contributed by atoms with Crippen LogP contribution in [0.5, 0.6) is 23.0 Å². The fourth-order valence-electron chi connectivity index (χ4n) is 5.17. The standard InChI is InChI=1S/C38H44N4O8/c1-23(13-25-3-7-29(39)8-4-25)41-21-35(45)27-15-31(43)19-33(17-27)49-37(47)11-12-38(48)50-34-18-28(16-32(44)20-34)36(46)22-42-24(2)14-26-5-9-30(40)10-6-26/h3-12,15-20,23-24,35-36,41-46H,13-14,21-22,39-40H2,1-2H3/b12-11+. The molecule has 4 aromatic rings. The Balaban J connectivity index is 1.26. The molecular formula is C38H44N4O8. The first-order valence-corrected chi connectivity index (χ1v) is 16.1. The highest BCUT2D eigenvalue weighted by atomic mass is 16.5. The second-order valence-electron chi connectivity index (χ2n) is 12.2. The van der Waals surface area contributed by atoms with E-state index < -0.39 is 24.1 Å². The fraction of sp³-hybridized carbons (Fsp3) is 0.263. The van der Waals surface area contributed by atoms with Crippen molar-refractivity contribution in [1.29, 1.82) is 0 Å². The Hall–Kier alpha value is -5.40. The highest BCUT2D eigenvalue weighted by molar-refractivity contribution is 5.93. The Labute approximate surface area is 291 Å². The molecule has 4 atom stereocenters. The van der Waals surface area contributed by atoms with Gasteiger partial charge in [0.25, 0.3) is 0 Å². The number of carbonyl (C=O) groups is 2. The van der Waals surface area contributed by atoms with Crippen LogP contribution in [0.25, 0.3) is 0 Å². The molecule has 0 amide bonds. The molecule has 12 nitrogen and oxygen atoms in total. The number of phenols is 2. The molecule has 50 heavy (non-hydrogen) atoms. The molecule has 264 valence electrons. The fourth-order valence-corrected chi connectivity index (χ4v) is 5.17. The summed E-state index contributed by atoms with van der Waals surface area (Å²) < 4.78 is 10.5. The largest absolute Gasteiger partial charge is 0.508 e. The van der Waals surface area contributed by atoms with Crippen molar-refractivity contribution in [1.82, 2.24) is 10.6 Å². The topological polar surface area (TPSA) is 210 Å². The number of benzene rings is 4. The van der Waals surface area contributed by atoms with E-state index in [1.165, 1.54) is 36.4 Å². The van der Waals surface area contributed by atoms with E-state index in [1.807, 2.05) is 62.4 Å². The molecule has 10 N–H and O–H groups in total. The normalized spacial score (nSPS) is 13.8. The number of nitrogens with one attached hydrogen (secondary N) is 2. The lowest BCUT2D eigenvalue weighted by Crippen LogP contribution is -2.32. The summed E-state index contributed by atoms with van der Waals surface area (Å²) in [6, 6.07) is 23.1. The van der Waals surface area contributed by atoms with Gasteiger partial charge in [-0.1, -0.05) is 24.3 Å². The van der Waals surface area contributed by atoms with Gasteiger partial charge in [0.2, 0.25) is 0 Å². The van der Waals surface area contributed by atoms with Crippen LogP contribution in [-0.4, -0.2) is 57.5 Å². The zero-order valence-corrected chi connectivity index (χ0v) is 28.0. The van der Waals surface area contributed by atoms with Crippen molar-refractivity contribution in [2.45, 2.75) is 51.0 Å². The second kappa shape index (κ2) is 17.8. The summed E-state index contributed by atoms with van der Waals surface area (Å²) in [5.41, 5.74) is 15.6. The lowest BCUT2D eigenvalue weighted by Gasteiger charge is -2.18. The number of esters is 2. The van der Waals surface area contributed by atoms with Gasteiger partial charge in [-0.05, 0) is 97.5 Å². The maximum Gasteiger partial charge on any atom is 0.336 e. The summed E-state index contributed by atoms with van der Waals surface area (Å²) >= 11 is 0. The van der Waals surface area contributed by atoms with Gasteiger partial charge in [-0.2, -0.15) is 0 Å². The minimum atomic E-state index is -1.02. The van der Waals surface area contributed by atoms with Gasteiger partial charge in [-0.25, -0.2) is 9.59 Å². The number of nitrogen functional groups attached to an aromatic ring is 2. The molecule has 0 fully saturated rings. The van der Waals surface area contributed by atoms with Crippen molar-refractivity contribution in [3.8, 4) is 23.0 Å². The molecule has 0 spiro atoms. The number of phenolic OH excluding ortho intramolecular Hbond substituents is 2. The van der Waals surface area contributed by atoms with E-state index in [2.05, 4.69) is 10.6 Å². The molecule has 0 aliphatic carbocycles. The van der Waals surface area contributed by atoms with E-state index in [0.717, 1.165) is 23.3 Å². The molecule has 0 aliphatic heterocycles. The van der Waals surface area contributed by atoms with E-state index in [4.69, 9.17) is 20.9 Å². The molecule has 0 saturated carbocycles. The first-order valence-electron chi connectivity index (χ1n) is 16.1. The van der Waals surface area contributed by atoms with Crippen molar-refractivity contribution in [3.05, 3.63) is 119 Å². The van der Waals surface area contributed by atoms with Gasteiger partial charge >= 0.3 is 11.9 Å². The highest BCUT2D eigenvalue weighted by Gasteiger charge is 2.16. The first-order chi connectivity index (χ1) is 23.8. The molecular weight excluding hydrogens is 640 g/mol. The van der Waals surface area contributed by atoms with Gasteiger partial charge in [0.15, 0.2) is 0 Å². The smallest absolute Gasteiger partial charge is 0.336 e. The van der Waals surface area contributed by atoms with Crippen LogP contribution in [0.15, 0.2) is 97.1 Å². The number of carbonyl (C=O) groups excluding carboxylic acids is 2. The maximum atomic E-state index is 12.5. The minimum absolute atomic E-state index is 0.0292. The van der Waals surface area contributed by atoms with Crippen LogP contribution >= 0.6 is 0 Å². The molecule has 0 saturated heterocycles. The van der Waals surface area contributed by atoms with E-state index in [9.17, 15) is 30.0 Å². The summed E-state index contributed by atoms with van der Waals surface area (Å²) in [4.78, 5) is 24.9. The Morgan fingerprint density at radius 3 is 1.36 bits per heavy atom. The molecule has 0 aromatic heterocycles. The third kappa shape index (κ3) is 12.2. The van der Waals surface area contributed by atoms with Crippen molar-refractivity contribution < 1.29 is 39.5 Å². The van der Waals surface area contributed by atoms with Crippen LogP contribution in [0, 0.1) is 0 Å². The van der Waals surface area contributed by atoms with Crippen LogP contribution in [-0.2, 0) is 22.4 Å². The second-order valence-corrected chi connectivity index (χ2v) is 12.2. The van der Waals surface area contributed by atoms with Crippen LogP contribution in [0.4, 0.5) is 11.4 Å². The predicted octanol–water partition coefficient (Wildman–Crippen LogP) is 3.84. The van der Waals surface area contributed by atoms with E-state index in [-0.39, 0.29) is 48.2 Å². The van der Waals surface area contributed by atoms with E-state index in [0.29, 0.717) is 35.3 Å². The summed E-state index contributed by atoms with van der Waals surface area (Å²) in [5.74, 6) is -2.41. The van der Waals surface area contributed by atoms with Crippen molar-refractivity contribution in [2.24, 2.45) is 0 Å². The van der Waals surface area contributed by atoms with E-state index in [1.54, 1.807) is 0 Å². The number of anilines is 2. The Bertz CT molecular complexity index is 1630. The molecule has 0 aliphatic rings. The summed E-state index contributed by atoms with van der Waals surface area (Å²) in [6.45, 7) is 4.30. The average molecular weight is 685 g/mol. The highest BCUT2D eigenvalue weighted by Crippen LogP contribution is 2.27. The van der Waals surface area contributed by atoms with Crippen molar-refractivity contribution in [3.63, 3.8) is 0 Å². The van der Waals surface area contributed by atoms with Crippen molar-refractivity contribution in [2.75, 3.05) is 24.6 Å². The van der Waals surface area contributed by atoms with E-state index >= 15 is 0 Å². The van der Waals surface area contributed by atoms with Gasteiger partial charge in [0.1, 0.15) is 23.0 Å². The molecule has 4 rings (SSSR count). The van der Waals surface area contributed by atoms with Gasteiger partial charge in [-0.15, -0.1) is 0 Å². The number of hydrogen-bond donors (Lipinski definition) is 8. The Morgan fingerprint density at radius 2 is 1.00 bits per heavy atom. The number of nitrogens with two attached hydrogens (primary N) is 2. The zero-order chi connectivity index (χ0) is 36.2. The van der Waals surface area contributed by atoms with Crippen LogP contribution in [0.3, 0.4) is 0 Å². The minimum Gasteiger partial charge on any atom is -0.508 e. The third-order valence-electron chi connectivity index (χ3n) is 7.75. The van der Waals surface area contributed by atoms with Crippen LogP contribution in [0.2, 0.25) is 0 Å². The summed E-state index contributed by atoms with van der Waals surface area (Å²) in [5, 5.41) is 48.3. The number of ether oxygens (including phenoxy) is 2. The number of rotatable bonds is 16. The molecule has 0 radical (unpaired) electrons. The summed E-state index contributed by atoms with van der Waals surface area (Å²) in [7, 11) is 0. The number of aromatic hydroxyl groups is 2. The lowest BCUT2D eigenvalue weighted by molar-refractivity contribution is -0.131. The quantitative estimate of drug-likeness (QED) is 0.0366. The molecule has 0 bridgehead atoms. The Morgan fingerprint density at radius 1 is 0.640 bits per heavy atom. The third-order valence-corrected chi connectivity index (χ3v) is 7.75. The first kappa shape index (κ1) is 37.4. The zero-order valence-electron chi connectivity index (χ0n) is 28.0. The number of hydrogen-bond acceptors (Lipinski definition) is 12. The van der Waals surface area contributed by atoms with Gasteiger partial charge in [-0.3, -0.25) is 0 Å². The predicted molar refractivity (Wildman–Crippen MR) is 191 cm³/mol. The monoisotopic (exact) mass is 684 g/mol. The number of aliphatic hydroxyl groups excluding tert-OH is 2. The van der Waals surface area contributed by atoms with Gasteiger partial charge in [0, 0.05) is 60.8 Å². The maximum absolute atomic E-state index is 12.5. The molecule has 4 aromatic carbocycles. The Kier molecular flexibility index (Phi) is 13.3. The van der Waals surface area contributed by atoms with Crippen LogP contribution in [0.1, 0.15) is 48.3 Å². The van der Waals surface area contributed by atoms with Crippen molar-refractivity contribution >= 4 is 23.3 Å². The van der Waals surface area contributed by atoms with Gasteiger partial charge in [0.05, 0.1) is 12.2 Å². The van der Waals surface area contributed by atoms with Gasteiger partial charge < -0.3 is 52.0 Å². The number of aliphatic hydroxyl groups is 2. The van der Waals surface area contributed by atoms with Crippen LogP contribution < -0.4 is 31.6 Å².